The Balaban J connectivity index is 2.76. The van der Waals surface area contributed by atoms with Crippen molar-refractivity contribution in [1.82, 2.24) is 5.32 Å². The van der Waals surface area contributed by atoms with Gasteiger partial charge in [0.25, 0.3) is 0 Å². The molecule has 21 heavy (non-hydrogen) atoms. The van der Waals surface area contributed by atoms with Gasteiger partial charge in [0, 0.05) is 6.42 Å². The monoisotopic (exact) mass is 293 g/mol. The minimum atomic E-state index is -0.575. The van der Waals surface area contributed by atoms with Gasteiger partial charge in [-0.2, -0.15) is 0 Å². The van der Waals surface area contributed by atoms with Crippen molar-refractivity contribution in [3.05, 3.63) is 29.8 Å². The van der Waals surface area contributed by atoms with Crippen LogP contribution in [0.25, 0.3) is 0 Å². The predicted octanol–water partition coefficient (Wildman–Crippen LogP) is 3.24. The second-order valence-electron chi connectivity index (χ2n) is 5.60. The molecule has 0 aliphatic rings. The maximum atomic E-state index is 11.8. The van der Waals surface area contributed by atoms with E-state index in [0.717, 1.165) is 17.6 Å². The van der Waals surface area contributed by atoms with Crippen LogP contribution in [0.3, 0.4) is 0 Å². The molecule has 5 nitrogen and oxygen atoms in total. The summed E-state index contributed by atoms with van der Waals surface area (Å²) < 4.78 is 10.6. The lowest BCUT2D eigenvalue weighted by Gasteiger charge is -2.23. The average molecular weight is 293 g/mol. The van der Waals surface area contributed by atoms with Gasteiger partial charge in [-0.3, -0.25) is 0 Å². The molecule has 0 aliphatic heterocycles. The molecule has 1 aromatic carbocycles. The number of hydrogen-bond acceptors (Lipinski definition) is 4. The van der Waals surface area contributed by atoms with Gasteiger partial charge in [-0.25, -0.2) is 4.79 Å². The largest absolute Gasteiger partial charge is 0.494 e. The number of aldehydes is 1. The van der Waals surface area contributed by atoms with E-state index >= 15 is 0 Å². The molecule has 0 saturated carbocycles. The maximum Gasteiger partial charge on any atom is 0.408 e. The van der Waals surface area contributed by atoms with Crippen LogP contribution in [0, 0.1) is 0 Å². The molecular weight excluding hydrogens is 270 g/mol. The van der Waals surface area contributed by atoms with E-state index in [1.807, 2.05) is 31.2 Å². The Morgan fingerprint density at radius 2 is 1.90 bits per heavy atom. The summed E-state index contributed by atoms with van der Waals surface area (Å²) in [5.41, 5.74) is 0.255. The number of benzene rings is 1. The SMILES string of the molecule is CCOc1ccc([C@H](CC=O)NC(=O)OC(C)(C)C)cc1. The van der Waals surface area contributed by atoms with E-state index in [1.165, 1.54) is 0 Å². The third kappa shape index (κ3) is 6.29. The summed E-state index contributed by atoms with van der Waals surface area (Å²) in [5.74, 6) is 0.753. The topological polar surface area (TPSA) is 64.6 Å². The van der Waals surface area contributed by atoms with Gasteiger partial charge in [-0.05, 0) is 45.4 Å². The lowest BCUT2D eigenvalue weighted by atomic mass is 10.0. The molecule has 116 valence electrons. The van der Waals surface area contributed by atoms with E-state index in [2.05, 4.69) is 5.32 Å². The van der Waals surface area contributed by atoms with Crippen LogP contribution in [0.5, 0.6) is 5.75 Å². The van der Waals surface area contributed by atoms with E-state index in [1.54, 1.807) is 20.8 Å². The predicted molar refractivity (Wildman–Crippen MR) is 80.4 cm³/mol. The molecule has 0 aliphatic carbocycles. The molecule has 0 spiro atoms. The molecule has 1 amide bonds. The smallest absolute Gasteiger partial charge is 0.408 e. The molecule has 0 aromatic heterocycles. The number of hydrogen-bond donors (Lipinski definition) is 1. The van der Waals surface area contributed by atoms with Crippen LogP contribution in [0.4, 0.5) is 4.79 Å². The van der Waals surface area contributed by atoms with E-state index < -0.39 is 17.7 Å². The van der Waals surface area contributed by atoms with Crippen LogP contribution >= 0.6 is 0 Å². The molecule has 1 aromatic rings. The first-order chi connectivity index (χ1) is 9.85. The van der Waals surface area contributed by atoms with Gasteiger partial charge >= 0.3 is 6.09 Å². The highest BCUT2D eigenvalue weighted by Crippen LogP contribution is 2.20. The number of ether oxygens (including phenoxy) is 2. The normalized spacial score (nSPS) is 12.4. The number of alkyl carbamates (subject to hydrolysis) is 1. The summed E-state index contributed by atoms with van der Waals surface area (Å²) in [6.45, 7) is 7.87. The summed E-state index contributed by atoms with van der Waals surface area (Å²) in [4.78, 5) is 22.6. The summed E-state index contributed by atoms with van der Waals surface area (Å²) in [7, 11) is 0. The summed E-state index contributed by atoms with van der Waals surface area (Å²) >= 11 is 0. The third-order valence-electron chi connectivity index (χ3n) is 2.62. The van der Waals surface area contributed by atoms with Crippen LogP contribution in [0.15, 0.2) is 24.3 Å². The lowest BCUT2D eigenvalue weighted by Crippen LogP contribution is -2.35. The Hall–Kier alpha value is -2.04. The quantitative estimate of drug-likeness (QED) is 0.818. The van der Waals surface area contributed by atoms with Crippen molar-refractivity contribution in [3.63, 3.8) is 0 Å². The zero-order valence-electron chi connectivity index (χ0n) is 13.0. The summed E-state index contributed by atoms with van der Waals surface area (Å²) in [6.07, 6.45) is 0.425. The van der Waals surface area contributed by atoms with Crippen molar-refractivity contribution in [2.24, 2.45) is 0 Å². The van der Waals surface area contributed by atoms with Crippen molar-refractivity contribution in [3.8, 4) is 5.75 Å². The first-order valence-electron chi connectivity index (χ1n) is 7.01. The van der Waals surface area contributed by atoms with Crippen LogP contribution in [-0.4, -0.2) is 24.6 Å². The first-order valence-corrected chi connectivity index (χ1v) is 7.01. The summed E-state index contributed by atoms with van der Waals surface area (Å²) in [6, 6.07) is 6.88. The minimum absolute atomic E-state index is 0.188. The Bertz CT molecular complexity index is 462. The zero-order valence-corrected chi connectivity index (χ0v) is 13.0. The highest BCUT2D eigenvalue weighted by Gasteiger charge is 2.20. The second-order valence-corrected chi connectivity index (χ2v) is 5.60. The highest BCUT2D eigenvalue weighted by molar-refractivity contribution is 5.69. The lowest BCUT2D eigenvalue weighted by molar-refractivity contribution is -0.108. The molecule has 5 heteroatoms. The molecule has 1 atom stereocenters. The van der Waals surface area contributed by atoms with Gasteiger partial charge in [0.05, 0.1) is 12.6 Å². The fourth-order valence-corrected chi connectivity index (χ4v) is 1.79. The van der Waals surface area contributed by atoms with Crippen molar-refractivity contribution in [1.29, 1.82) is 0 Å². The Morgan fingerprint density at radius 1 is 1.29 bits per heavy atom. The van der Waals surface area contributed by atoms with E-state index in [-0.39, 0.29) is 6.42 Å². The fraction of sp³-hybridized carbons (Fsp3) is 0.500. The maximum absolute atomic E-state index is 11.8. The van der Waals surface area contributed by atoms with E-state index in [4.69, 9.17) is 9.47 Å². The van der Waals surface area contributed by atoms with Crippen LogP contribution in [0.2, 0.25) is 0 Å². The molecule has 0 radical (unpaired) electrons. The average Bonchev–Trinajstić information content (AvgIpc) is 2.37. The molecule has 1 N–H and O–H groups in total. The number of amides is 1. The zero-order chi connectivity index (χ0) is 15.9. The first kappa shape index (κ1) is 17.0. The van der Waals surface area contributed by atoms with E-state index in [0.29, 0.717) is 6.61 Å². The van der Waals surface area contributed by atoms with Crippen LogP contribution in [0.1, 0.15) is 45.7 Å². The minimum Gasteiger partial charge on any atom is -0.494 e. The Morgan fingerprint density at radius 3 is 2.38 bits per heavy atom. The van der Waals surface area contributed by atoms with Gasteiger partial charge in [0.15, 0.2) is 0 Å². The molecule has 0 fully saturated rings. The number of carbonyl (C=O) groups is 2. The third-order valence-corrected chi connectivity index (χ3v) is 2.62. The van der Waals surface area contributed by atoms with Crippen LogP contribution in [-0.2, 0) is 9.53 Å². The van der Waals surface area contributed by atoms with Crippen molar-refractivity contribution in [2.45, 2.75) is 45.8 Å². The van der Waals surface area contributed by atoms with Crippen LogP contribution < -0.4 is 10.1 Å². The fourth-order valence-electron chi connectivity index (χ4n) is 1.79. The molecule has 0 unspecified atom stereocenters. The van der Waals surface area contributed by atoms with Gasteiger partial charge in [0.2, 0.25) is 0 Å². The second kappa shape index (κ2) is 7.67. The van der Waals surface area contributed by atoms with Gasteiger partial charge in [0.1, 0.15) is 17.6 Å². The van der Waals surface area contributed by atoms with Crippen molar-refractivity contribution < 1.29 is 19.1 Å². The molecule has 1 rings (SSSR count). The van der Waals surface area contributed by atoms with Crippen molar-refractivity contribution >= 4 is 12.4 Å². The Labute approximate surface area is 125 Å². The number of rotatable bonds is 6. The Kier molecular flexibility index (Phi) is 6.21. The van der Waals surface area contributed by atoms with Gasteiger partial charge in [-0.1, -0.05) is 12.1 Å². The van der Waals surface area contributed by atoms with Gasteiger partial charge < -0.3 is 19.6 Å². The highest BCUT2D eigenvalue weighted by atomic mass is 16.6. The number of carbonyl (C=O) groups excluding carboxylic acids is 2. The molecule has 0 bridgehead atoms. The van der Waals surface area contributed by atoms with E-state index in [9.17, 15) is 9.59 Å². The van der Waals surface area contributed by atoms with Gasteiger partial charge in [-0.15, -0.1) is 0 Å². The van der Waals surface area contributed by atoms with Crippen molar-refractivity contribution in [2.75, 3.05) is 6.61 Å². The standard InChI is InChI=1S/C16H23NO4/c1-5-20-13-8-6-12(7-9-13)14(10-11-18)17-15(19)21-16(2,3)4/h6-9,11,14H,5,10H2,1-4H3,(H,17,19)/t14-/m0/s1. The molecular formula is C16H23NO4. The number of nitrogens with one attached hydrogen (secondary N) is 1. The molecule has 0 saturated heterocycles. The molecule has 0 heterocycles. The summed E-state index contributed by atoms with van der Waals surface area (Å²) in [5, 5.41) is 2.71.